The standard InChI is InChI=1S/C24H22N4O3/c1-15(13-27-12-10-17(29)14-27)25-23(30)20-7-4-11-28-22(20)26-21-18-6-3-2-5-16(18)8-9-19(21)24(28)31/h2-9,11,17,29H,10,12-14H2,1H3/b25-15+/t17-/m1/s1. The smallest absolute Gasteiger partial charge is 0.280 e. The number of aliphatic hydroxyl groups excluding tert-OH is 1. The van der Waals surface area contributed by atoms with E-state index in [0.29, 0.717) is 35.4 Å². The summed E-state index contributed by atoms with van der Waals surface area (Å²) < 4.78 is 1.41. The Hall–Kier alpha value is -3.42. The van der Waals surface area contributed by atoms with Crippen molar-refractivity contribution in [3.63, 3.8) is 0 Å². The summed E-state index contributed by atoms with van der Waals surface area (Å²) in [5.41, 5.74) is 1.61. The lowest BCUT2D eigenvalue weighted by Gasteiger charge is -2.14. The molecule has 2 aromatic heterocycles. The summed E-state index contributed by atoms with van der Waals surface area (Å²) in [7, 11) is 0. The highest BCUT2D eigenvalue weighted by atomic mass is 16.3. The highest BCUT2D eigenvalue weighted by Gasteiger charge is 2.21. The van der Waals surface area contributed by atoms with Crippen molar-refractivity contribution in [2.75, 3.05) is 19.6 Å². The third kappa shape index (κ3) is 3.52. The molecule has 1 aliphatic heterocycles. The zero-order valence-electron chi connectivity index (χ0n) is 17.2. The van der Waals surface area contributed by atoms with Crippen LogP contribution >= 0.6 is 0 Å². The van der Waals surface area contributed by atoms with Crippen LogP contribution in [0.15, 0.2) is 64.5 Å². The predicted molar refractivity (Wildman–Crippen MR) is 121 cm³/mol. The summed E-state index contributed by atoms with van der Waals surface area (Å²) in [6, 6.07) is 14.7. The summed E-state index contributed by atoms with van der Waals surface area (Å²) in [5, 5.41) is 12.0. The zero-order valence-corrected chi connectivity index (χ0v) is 17.2. The van der Waals surface area contributed by atoms with Gasteiger partial charge in [0, 0.05) is 36.9 Å². The van der Waals surface area contributed by atoms with Crippen LogP contribution in [0.2, 0.25) is 0 Å². The van der Waals surface area contributed by atoms with Crippen LogP contribution < -0.4 is 5.56 Å². The van der Waals surface area contributed by atoms with Crippen molar-refractivity contribution in [1.29, 1.82) is 0 Å². The maximum absolute atomic E-state index is 13.1. The Kier molecular flexibility index (Phi) is 4.84. The Balaban J connectivity index is 1.62. The molecule has 7 heteroatoms. The van der Waals surface area contributed by atoms with Crippen LogP contribution in [0.25, 0.3) is 27.3 Å². The summed E-state index contributed by atoms with van der Waals surface area (Å²) >= 11 is 0. The lowest BCUT2D eigenvalue weighted by Crippen LogP contribution is -2.28. The second kappa shape index (κ2) is 7.68. The van der Waals surface area contributed by atoms with Crippen LogP contribution in [-0.2, 0) is 0 Å². The van der Waals surface area contributed by atoms with Crippen LogP contribution in [0.3, 0.4) is 0 Å². The Morgan fingerprint density at radius 1 is 1.16 bits per heavy atom. The number of aliphatic hydroxyl groups is 1. The fourth-order valence-corrected chi connectivity index (χ4v) is 4.28. The number of pyridine rings is 1. The molecule has 156 valence electrons. The third-order valence-electron chi connectivity index (χ3n) is 5.76. The molecule has 2 aromatic carbocycles. The number of aromatic nitrogens is 2. The Labute approximate surface area is 178 Å². The zero-order chi connectivity index (χ0) is 21.5. The average molecular weight is 414 g/mol. The van der Waals surface area contributed by atoms with Crippen molar-refractivity contribution in [2.45, 2.75) is 19.4 Å². The normalized spacial score (nSPS) is 17.7. The van der Waals surface area contributed by atoms with Crippen LogP contribution in [0, 0.1) is 0 Å². The maximum atomic E-state index is 13.1. The topological polar surface area (TPSA) is 87.3 Å². The van der Waals surface area contributed by atoms with Crippen molar-refractivity contribution in [2.24, 2.45) is 4.99 Å². The molecule has 31 heavy (non-hydrogen) atoms. The van der Waals surface area contributed by atoms with Gasteiger partial charge in [-0.05, 0) is 36.9 Å². The number of nitrogens with zero attached hydrogens (tertiary/aromatic N) is 4. The van der Waals surface area contributed by atoms with Gasteiger partial charge in [-0.15, -0.1) is 0 Å². The molecule has 0 spiro atoms. The first-order chi connectivity index (χ1) is 15.0. The van der Waals surface area contributed by atoms with Crippen molar-refractivity contribution in [3.8, 4) is 0 Å². The van der Waals surface area contributed by atoms with Crippen molar-refractivity contribution in [1.82, 2.24) is 14.3 Å². The minimum absolute atomic E-state index is 0.216. The number of aliphatic imine (C=N–C) groups is 1. The van der Waals surface area contributed by atoms with E-state index in [1.807, 2.05) is 30.3 Å². The van der Waals surface area contributed by atoms with E-state index in [-0.39, 0.29) is 17.2 Å². The van der Waals surface area contributed by atoms with E-state index >= 15 is 0 Å². The quantitative estimate of drug-likeness (QED) is 0.316. The number of rotatable bonds is 3. The van der Waals surface area contributed by atoms with Gasteiger partial charge < -0.3 is 5.11 Å². The summed E-state index contributed by atoms with van der Waals surface area (Å²) in [5.74, 6) is -0.429. The second-order valence-corrected chi connectivity index (χ2v) is 8.05. The van der Waals surface area contributed by atoms with Gasteiger partial charge in [-0.2, -0.15) is 0 Å². The molecule has 1 fully saturated rings. The number of β-amino-alcohol motifs (C(OH)–C–C–N with tert-alkyl or cyclic N) is 1. The Morgan fingerprint density at radius 2 is 2.00 bits per heavy atom. The minimum Gasteiger partial charge on any atom is -0.392 e. The summed E-state index contributed by atoms with van der Waals surface area (Å²) in [4.78, 5) is 37.2. The monoisotopic (exact) mass is 414 g/mol. The van der Waals surface area contributed by atoms with Gasteiger partial charge >= 0.3 is 0 Å². The molecule has 7 nitrogen and oxygen atoms in total. The molecular weight excluding hydrogens is 392 g/mol. The first-order valence-corrected chi connectivity index (χ1v) is 10.3. The molecule has 3 heterocycles. The van der Waals surface area contributed by atoms with E-state index < -0.39 is 5.91 Å². The molecule has 1 aliphatic rings. The molecule has 0 unspecified atom stereocenters. The first kappa shape index (κ1) is 19.5. The third-order valence-corrected chi connectivity index (χ3v) is 5.76. The molecular formula is C24H22N4O3. The van der Waals surface area contributed by atoms with Crippen LogP contribution in [0.5, 0.6) is 0 Å². The molecule has 4 aromatic rings. The van der Waals surface area contributed by atoms with E-state index in [4.69, 9.17) is 4.98 Å². The van der Waals surface area contributed by atoms with E-state index in [0.717, 1.165) is 23.7 Å². The lowest BCUT2D eigenvalue weighted by molar-refractivity contribution is 0.100. The van der Waals surface area contributed by atoms with Crippen LogP contribution in [-0.4, -0.2) is 56.7 Å². The van der Waals surface area contributed by atoms with E-state index in [9.17, 15) is 14.7 Å². The average Bonchev–Trinajstić information content (AvgIpc) is 3.17. The van der Waals surface area contributed by atoms with E-state index in [1.165, 1.54) is 4.40 Å². The molecule has 0 saturated carbocycles. The van der Waals surface area contributed by atoms with Gasteiger partial charge in [0.1, 0.15) is 0 Å². The highest BCUT2D eigenvalue weighted by molar-refractivity contribution is 6.09. The number of likely N-dealkylation sites (tertiary alicyclic amines) is 1. The number of hydrogen-bond donors (Lipinski definition) is 1. The molecule has 0 bridgehead atoms. The van der Waals surface area contributed by atoms with Gasteiger partial charge in [0.05, 0.1) is 22.6 Å². The number of fused-ring (bicyclic) bond motifs is 4. The molecule has 1 saturated heterocycles. The number of amides is 1. The summed E-state index contributed by atoms with van der Waals surface area (Å²) in [6.07, 6.45) is 2.04. The Bertz CT molecular complexity index is 1420. The van der Waals surface area contributed by atoms with Gasteiger partial charge in [-0.1, -0.05) is 30.3 Å². The van der Waals surface area contributed by atoms with Gasteiger partial charge in [-0.25, -0.2) is 9.98 Å². The van der Waals surface area contributed by atoms with Gasteiger partial charge in [0.15, 0.2) is 5.65 Å². The minimum atomic E-state index is -0.429. The maximum Gasteiger partial charge on any atom is 0.280 e. The predicted octanol–water partition coefficient (Wildman–Crippen LogP) is 2.67. The van der Waals surface area contributed by atoms with Crippen molar-refractivity contribution in [3.05, 3.63) is 70.6 Å². The highest BCUT2D eigenvalue weighted by Crippen LogP contribution is 2.23. The first-order valence-electron chi connectivity index (χ1n) is 10.3. The largest absolute Gasteiger partial charge is 0.392 e. The van der Waals surface area contributed by atoms with Gasteiger partial charge in [0.2, 0.25) is 0 Å². The van der Waals surface area contributed by atoms with Gasteiger partial charge in [-0.3, -0.25) is 18.9 Å². The van der Waals surface area contributed by atoms with E-state index in [2.05, 4.69) is 9.89 Å². The Morgan fingerprint density at radius 3 is 2.81 bits per heavy atom. The fourth-order valence-electron chi connectivity index (χ4n) is 4.28. The van der Waals surface area contributed by atoms with Crippen molar-refractivity contribution >= 4 is 38.9 Å². The van der Waals surface area contributed by atoms with Crippen LogP contribution in [0.4, 0.5) is 0 Å². The van der Waals surface area contributed by atoms with Crippen molar-refractivity contribution < 1.29 is 9.90 Å². The SMILES string of the molecule is C/C(CN1CC[C@@H](O)C1)=N\C(=O)c1cccn2c(=O)c3ccc4ccccc4c3nc12. The molecule has 0 radical (unpaired) electrons. The van der Waals surface area contributed by atoms with Gasteiger partial charge in [0.25, 0.3) is 11.5 Å². The lowest BCUT2D eigenvalue weighted by atomic mass is 10.1. The molecule has 1 N–H and O–H groups in total. The van der Waals surface area contributed by atoms with E-state index in [1.54, 1.807) is 31.3 Å². The number of hydrogen-bond acceptors (Lipinski definition) is 5. The fraction of sp³-hybridized carbons (Fsp3) is 0.250. The van der Waals surface area contributed by atoms with Crippen LogP contribution in [0.1, 0.15) is 23.7 Å². The molecule has 5 rings (SSSR count). The second-order valence-electron chi connectivity index (χ2n) is 8.05. The number of carbonyl (C=O) groups excluding carboxylic acids is 1. The number of carbonyl (C=O) groups is 1. The number of benzene rings is 2. The molecule has 1 atom stereocenters. The molecule has 1 amide bonds. The summed E-state index contributed by atoms with van der Waals surface area (Å²) in [6.45, 7) is 3.70. The molecule has 0 aliphatic carbocycles.